The molecule has 0 spiro atoms. The zero-order valence-corrected chi connectivity index (χ0v) is 17.9. The molecular weight excluding hydrogens is 430 g/mol. The number of anilines is 1. The van der Waals surface area contributed by atoms with E-state index in [1.807, 2.05) is 24.3 Å². The van der Waals surface area contributed by atoms with E-state index >= 15 is 0 Å². The molecule has 162 valence electrons. The van der Waals surface area contributed by atoms with E-state index in [0.717, 1.165) is 5.56 Å². The van der Waals surface area contributed by atoms with Gasteiger partial charge in [0.15, 0.2) is 17.2 Å². The Morgan fingerprint density at radius 3 is 2.44 bits per heavy atom. The van der Waals surface area contributed by atoms with Crippen LogP contribution in [0.1, 0.15) is 5.56 Å². The quantitative estimate of drug-likeness (QED) is 0.386. The number of para-hydroxylation sites is 2. The van der Waals surface area contributed by atoms with Crippen molar-refractivity contribution in [3.63, 3.8) is 0 Å². The third-order valence-corrected chi connectivity index (χ3v) is 4.86. The summed E-state index contributed by atoms with van der Waals surface area (Å²) in [5.41, 5.74) is 7.51. The summed E-state index contributed by atoms with van der Waals surface area (Å²) in [6, 6.07) is 19.5. The Balaban J connectivity index is 1.60. The van der Waals surface area contributed by atoms with E-state index in [1.54, 1.807) is 43.5 Å². The highest BCUT2D eigenvalue weighted by Crippen LogP contribution is 2.40. The third kappa shape index (κ3) is 4.84. The lowest BCUT2D eigenvalue weighted by molar-refractivity contribution is 0.304. The lowest BCUT2D eigenvalue weighted by Gasteiger charge is -2.14. The molecule has 8 heteroatoms. The molecule has 0 radical (unpaired) electrons. The second kappa shape index (κ2) is 9.45. The van der Waals surface area contributed by atoms with Crippen molar-refractivity contribution < 1.29 is 19.3 Å². The largest absolute Gasteiger partial charge is 0.507 e. The molecule has 0 saturated carbocycles. The van der Waals surface area contributed by atoms with E-state index < -0.39 is 0 Å². The molecule has 3 N–H and O–H groups in total. The number of ether oxygens (including phenoxy) is 3. The van der Waals surface area contributed by atoms with Crippen molar-refractivity contribution in [1.29, 1.82) is 0 Å². The summed E-state index contributed by atoms with van der Waals surface area (Å²) in [6.07, 6.45) is 1.45. The number of aromatic nitrogens is 2. The molecule has 0 bridgehead atoms. The van der Waals surface area contributed by atoms with Gasteiger partial charge in [-0.25, -0.2) is 9.97 Å². The smallest absolute Gasteiger partial charge is 0.220 e. The van der Waals surface area contributed by atoms with Crippen LogP contribution in [0, 0.1) is 0 Å². The van der Waals surface area contributed by atoms with Crippen LogP contribution in [-0.2, 0) is 6.61 Å². The summed E-state index contributed by atoms with van der Waals surface area (Å²) in [4.78, 5) is 8.29. The molecule has 0 amide bonds. The van der Waals surface area contributed by atoms with Crippen LogP contribution < -0.4 is 19.9 Å². The van der Waals surface area contributed by atoms with E-state index in [9.17, 15) is 5.11 Å². The fraction of sp³-hybridized carbons (Fsp3) is 0.0833. The first-order valence-corrected chi connectivity index (χ1v) is 10.1. The van der Waals surface area contributed by atoms with Crippen LogP contribution in [0.4, 0.5) is 5.95 Å². The molecule has 0 aliphatic carbocycles. The Hall–Kier alpha value is -3.97. The number of hydrogen-bond acceptors (Lipinski definition) is 7. The first-order chi connectivity index (χ1) is 15.5. The molecule has 0 fully saturated rings. The normalized spacial score (nSPS) is 10.6. The van der Waals surface area contributed by atoms with Crippen LogP contribution in [0.2, 0.25) is 5.02 Å². The fourth-order valence-electron chi connectivity index (χ4n) is 3.02. The number of benzene rings is 3. The molecule has 0 saturated heterocycles. The maximum atomic E-state index is 10.7. The van der Waals surface area contributed by atoms with Crippen molar-refractivity contribution in [2.45, 2.75) is 6.61 Å². The summed E-state index contributed by atoms with van der Waals surface area (Å²) in [7, 11) is 1.55. The second-order valence-electron chi connectivity index (χ2n) is 6.79. The SMILES string of the molecule is COc1ccccc1Oc1cnc(N)nc1-c1ccc(OCc2ccc(Cl)cc2)cc1O. The summed E-state index contributed by atoms with van der Waals surface area (Å²) in [6.45, 7) is 0.332. The average molecular weight is 450 g/mol. The zero-order valence-electron chi connectivity index (χ0n) is 17.2. The first kappa shape index (κ1) is 21.3. The predicted octanol–water partition coefficient (Wildman–Crippen LogP) is 5.46. The Morgan fingerprint density at radius 1 is 0.969 bits per heavy atom. The predicted molar refractivity (Wildman–Crippen MR) is 122 cm³/mol. The van der Waals surface area contributed by atoms with Crippen molar-refractivity contribution in [1.82, 2.24) is 9.97 Å². The maximum absolute atomic E-state index is 10.7. The van der Waals surface area contributed by atoms with E-state index in [4.69, 9.17) is 31.5 Å². The van der Waals surface area contributed by atoms with Gasteiger partial charge in [-0.2, -0.15) is 0 Å². The Labute approximate surface area is 190 Å². The van der Waals surface area contributed by atoms with Crippen LogP contribution in [0.3, 0.4) is 0 Å². The number of methoxy groups -OCH3 is 1. The van der Waals surface area contributed by atoms with Gasteiger partial charge in [-0.3, -0.25) is 0 Å². The lowest BCUT2D eigenvalue weighted by atomic mass is 10.1. The highest BCUT2D eigenvalue weighted by molar-refractivity contribution is 6.30. The third-order valence-electron chi connectivity index (χ3n) is 4.61. The number of nitrogens with two attached hydrogens (primary N) is 1. The first-order valence-electron chi connectivity index (χ1n) is 9.67. The van der Waals surface area contributed by atoms with Crippen LogP contribution >= 0.6 is 11.6 Å². The van der Waals surface area contributed by atoms with Crippen molar-refractivity contribution in [2.24, 2.45) is 0 Å². The molecule has 0 atom stereocenters. The molecule has 0 unspecified atom stereocenters. The van der Waals surface area contributed by atoms with Crippen molar-refractivity contribution in [2.75, 3.05) is 12.8 Å². The van der Waals surface area contributed by atoms with Crippen LogP contribution in [-0.4, -0.2) is 22.2 Å². The molecule has 0 aliphatic heterocycles. The van der Waals surface area contributed by atoms with Crippen LogP contribution in [0.5, 0.6) is 28.7 Å². The highest BCUT2D eigenvalue weighted by atomic mass is 35.5. The molecule has 4 aromatic rings. The van der Waals surface area contributed by atoms with Gasteiger partial charge < -0.3 is 25.1 Å². The molecular formula is C24H20ClN3O4. The Bertz CT molecular complexity index is 1230. The van der Waals surface area contributed by atoms with Gasteiger partial charge in [-0.05, 0) is 42.0 Å². The van der Waals surface area contributed by atoms with Crippen molar-refractivity contribution >= 4 is 17.5 Å². The van der Waals surface area contributed by atoms with E-state index in [-0.39, 0.29) is 11.7 Å². The van der Waals surface area contributed by atoms with Crippen LogP contribution in [0.15, 0.2) is 72.9 Å². The minimum absolute atomic E-state index is 0.0402. The van der Waals surface area contributed by atoms with Gasteiger partial charge in [0.05, 0.1) is 13.3 Å². The summed E-state index contributed by atoms with van der Waals surface area (Å²) in [5, 5.41) is 11.3. The van der Waals surface area contributed by atoms with Gasteiger partial charge in [0.1, 0.15) is 23.8 Å². The average Bonchev–Trinajstić information content (AvgIpc) is 2.80. The monoisotopic (exact) mass is 449 g/mol. The number of phenolic OH excluding ortho intramolecular Hbond substituents is 1. The maximum Gasteiger partial charge on any atom is 0.220 e. The molecule has 7 nitrogen and oxygen atoms in total. The molecule has 1 aromatic heterocycles. The molecule has 1 heterocycles. The van der Waals surface area contributed by atoms with Gasteiger partial charge in [-0.1, -0.05) is 35.9 Å². The Kier molecular flexibility index (Phi) is 6.28. The van der Waals surface area contributed by atoms with Gasteiger partial charge in [-0.15, -0.1) is 0 Å². The van der Waals surface area contributed by atoms with E-state index in [2.05, 4.69) is 9.97 Å². The number of phenols is 1. The Morgan fingerprint density at radius 2 is 1.72 bits per heavy atom. The minimum atomic E-state index is -0.0402. The molecule has 4 rings (SSSR count). The summed E-state index contributed by atoms with van der Waals surface area (Å²) in [5.74, 6) is 1.85. The number of hydrogen-bond donors (Lipinski definition) is 2. The van der Waals surface area contributed by atoms with Gasteiger partial charge in [0.25, 0.3) is 0 Å². The highest BCUT2D eigenvalue weighted by Gasteiger charge is 2.17. The second-order valence-corrected chi connectivity index (χ2v) is 7.22. The minimum Gasteiger partial charge on any atom is -0.507 e. The fourth-order valence-corrected chi connectivity index (χ4v) is 3.15. The van der Waals surface area contributed by atoms with Crippen molar-refractivity contribution in [3.05, 3.63) is 83.5 Å². The molecule has 3 aromatic carbocycles. The standard InChI is InChI=1S/C24H20ClN3O4/c1-30-20-4-2-3-5-21(20)32-22-13-27-24(26)28-23(22)18-11-10-17(12-19(18)29)31-14-15-6-8-16(25)9-7-15/h2-13,29H,14H2,1H3,(H2,26,27,28). The van der Waals surface area contributed by atoms with Gasteiger partial charge in [0, 0.05) is 16.7 Å². The number of halogens is 1. The van der Waals surface area contributed by atoms with Crippen molar-refractivity contribution in [3.8, 4) is 40.0 Å². The number of aromatic hydroxyl groups is 1. The van der Waals surface area contributed by atoms with Gasteiger partial charge >= 0.3 is 0 Å². The zero-order chi connectivity index (χ0) is 22.5. The molecule has 0 aliphatic rings. The number of nitrogen functional groups attached to an aromatic ring is 1. The summed E-state index contributed by atoms with van der Waals surface area (Å²) < 4.78 is 17.1. The summed E-state index contributed by atoms with van der Waals surface area (Å²) >= 11 is 5.91. The lowest BCUT2D eigenvalue weighted by Crippen LogP contribution is -2.00. The van der Waals surface area contributed by atoms with Crippen LogP contribution in [0.25, 0.3) is 11.3 Å². The number of nitrogens with zero attached hydrogens (tertiary/aromatic N) is 2. The van der Waals surface area contributed by atoms with E-state index in [0.29, 0.717) is 45.9 Å². The van der Waals surface area contributed by atoms with Gasteiger partial charge in [0.2, 0.25) is 5.95 Å². The topological polar surface area (TPSA) is 99.7 Å². The number of rotatable bonds is 7. The molecule has 32 heavy (non-hydrogen) atoms. The van der Waals surface area contributed by atoms with E-state index in [1.165, 1.54) is 12.3 Å².